The third kappa shape index (κ3) is 18.1. The second-order valence-electron chi connectivity index (χ2n) is 7.92. The zero-order valence-electron chi connectivity index (χ0n) is 17.4. The maximum absolute atomic E-state index is 11.4. The Morgan fingerprint density at radius 1 is 0.560 bits per heavy atom. The van der Waals surface area contributed by atoms with Gasteiger partial charge in [0.15, 0.2) is 0 Å². The largest absolute Gasteiger partial charge is 0.481 e. The molecule has 1 N–H and O–H groups in total. The van der Waals surface area contributed by atoms with Crippen LogP contribution in [-0.2, 0) is 4.79 Å². The summed E-state index contributed by atoms with van der Waals surface area (Å²) in [5.41, 5.74) is 0. The fraction of sp³-hybridized carbons (Fsp3) is 0.957. The first-order valence-corrected chi connectivity index (χ1v) is 11.4. The monoisotopic (exact) mass is 354 g/mol. The molecule has 0 saturated heterocycles. The van der Waals surface area contributed by atoms with E-state index in [1.165, 1.54) is 96.3 Å². The van der Waals surface area contributed by atoms with Crippen molar-refractivity contribution in [2.45, 2.75) is 136 Å². The fourth-order valence-corrected chi connectivity index (χ4v) is 3.62. The summed E-state index contributed by atoms with van der Waals surface area (Å²) in [5.74, 6) is -0.660. The first kappa shape index (κ1) is 24.5. The van der Waals surface area contributed by atoms with E-state index < -0.39 is 5.97 Å². The van der Waals surface area contributed by atoms with Gasteiger partial charge in [-0.2, -0.15) is 0 Å². The summed E-state index contributed by atoms with van der Waals surface area (Å²) in [5, 5.41) is 9.40. The molecule has 0 aliphatic heterocycles. The number of carboxylic acid groups (broad SMARTS) is 1. The van der Waals surface area contributed by atoms with Gasteiger partial charge in [-0.15, -0.1) is 0 Å². The molecule has 0 aromatic heterocycles. The topological polar surface area (TPSA) is 37.3 Å². The molecule has 0 aliphatic carbocycles. The minimum absolute atomic E-state index is 0.0929. The Morgan fingerprint density at radius 2 is 0.840 bits per heavy atom. The van der Waals surface area contributed by atoms with Gasteiger partial charge < -0.3 is 5.11 Å². The van der Waals surface area contributed by atoms with Crippen LogP contribution in [0.4, 0.5) is 0 Å². The van der Waals surface area contributed by atoms with Gasteiger partial charge in [-0.1, -0.05) is 123 Å². The smallest absolute Gasteiger partial charge is 0.306 e. The highest BCUT2D eigenvalue weighted by Gasteiger charge is 2.16. The lowest BCUT2D eigenvalue weighted by Crippen LogP contribution is -2.13. The van der Waals surface area contributed by atoms with Crippen LogP contribution in [0.15, 0.2) is 0 Å². The first-order chi connectivity index (χ1) is 12.2. The van der Waals surface area contributed by atoms with Gasteiger partial charge in [-0.3, -0.25) is 4.79 Å². The van der Waals surface area contributed by atoms with Crippen molar-refractivity contribution in [2.24, 2.45) is 5.92 Å². The summed E-state index contributed by atoms with van der Waals surface area (Å²) in [6.07, 6.45) is 23.9. The molecule has 0 amide bonds. The van der Waals surface area contributed by atoms with E-state index in [9.17, 15) is 9.90 Å². The molecule has 2 nitrogen and oxygen atoms in total. The minimum Gasteiger partial charge on any atom is -0.481 e. The highest BCUT2D eigenvalue weighted by atomic mass is 16.4. The zero-order valence-corrected chi connectivity index (χ0v) is 17.4. The maximum Gasteiger partial charge on any atom is 0.306 e. The lowest BCUT2D eigenvalue weighted by molar-refractivity contribution is -0.142. The molecule has 1 atom stereocenters. The molecule has 0 spiro atoms. The first-order valence-electron chi connectivity index (χ1n) is 11.4. The van der Waals surface area contributed by atoms with E-state index in [0.717, 1.165) is 25.7 Å². The number of carboxylic acids is 1. The maximum atomic E-state index is 11.4. The van der Waals surface area contributed by atoms with Crippen molar-refractivity contribution in [1.29, 1.82) is 0 Å². The van der Waals surface area contributed by atoms with Crippen molar-refractivity contribution in [3.63, 3.8) is 0 Å². The molecule has 25 heavy (non-hydrogen) atoms. The molecule has 0 saturated carbocycles. The van der Waals surface area contributed by atoms with Crippen molar-refractivity contribution >= 4 is 5.97 Å². The third-order valence-corrected chi connectivity index (χ3v) is 5.41. The molecule has 0 bridgehead atoms. The molecular weight excluding hydrogens is 308 g/mol. The Hall–Kier alpha value is -0.530. The predicted molar refractivity (Wildman–Crippen MR) is 110 cm³/mol. The molecule has 0 heterocycles. The van der Waals surface area contributed by atoms with Gasteiger partial charge in [0.2, 0.25) is 0 Å². The van der Waals surface area contributed by atoms with Crippen molar-refractivity contribution in [3.8, 4) is 0 Å². The second-order valence-corrected chi connectivity index (χ2v) is 7.92. The Morgan fingerprint density at radius 3 is 1.12 bits per heavy atom. The number of rotatable bonds is 20. The van der Waals surface area contributed by atoms with Crippen LogP contribution in [0.25, 0.3) is 0 Å². The molecule has 0 fully saturated rings. The Kier molecular flexibility index (Phi) is 19.4. The van der Waals surface area contributed by atoms with Crippen LogP contribution in [-0.4, -0.2) is 11.1 Å². The molecule has 0 aromatic rings. The van der Waals surface area contributed by atoms with Gasteiger partial charge in [0.25, 0.3) is 0 Å². The Bertz CT molecular complexity index is 275. The molecule has 2 heteroatoms. The number of hydrogen-bond acceptors (Lipinski definition) is 1. The fourth-order valence-electron chi connectivity index (χ4n) is 3.62. The van der Waals surface area contributed by atoms with Gasteiger partial charge >= 0.3 is 5.97 Å². The van der Waals surface area contributed by atoms with Crippen LogP contribution >= 0.6 is 0 Å². The average molecular weight is 355 g/mol. The summed E-state index contributed by atoms with van der Waals surface area (Å²) in [7, 11) is 0. The Labute approximate surface area is 158 Å². The van der Waals surface area contributed by atoms with E-state index in [4.69, 9.17) is 0 Å². The predicted octanol–water partition coefficient (Wildman–Crippen LogP) is 8.14. The van der Waals surface area contributed by atoms with E-state index >= 15 is 0 Å². The van der Waals surface area contributed by atoms with E-state index in [-0.39, 0.29) is 5.92 Å². The van der Waals surface area contributed by atoms with Gasteiger partial charge in [0.05, 0.1) is 5.92 Å². The average Bonchev–Trinajstić information content (AvgIpc) is 2.60. The lowest BCUT2D eigenvalue weighted by Gasteiger charge is -2.12. The molecule has 0 radical (unpaired) electrons. The summed E-state index contributed by atoms with van der Waals surface area (Å²) in [6, 6.07) is 0. The van der Waals surface area contributed by atoms with Crippen LogP contribution in [0.1, 0.15) is 136 Å². The normalized spacial score (nSPS) is 12.4. The Balaban J connectivity index is 3.48. The third-order valence-electron chi connectivity index (χ3n) is 5.41. The van der Waals surface area contributed by atoms with E-state index in [2.05, 4.69) is 13.8 Å². The number of aliphatic carboxylic acids is 1. The van der Waals surface area contributed by atoms with Gasteiger partial charge in [0.1, 0.15) is 0 Å². The van der Waals surface area contributed by atoms with Crippen molar-refractivity contribution in [1.82, 2.24) is 0 Å². The van der Waals surface area contributed by atoms with E-state index in [1.807, 2.05) is 0 Å². The van der Waals surface area contributed by atoms with Crippen LogP contribution in [0.3, 0.4) is 0 Å². The van der Waals surface area contributed by atoms with Crippen LogP contribution in [0.2, 0.25) is 0 Å². The molecule has 0 rings (SSSR count). The molecule has 150 valence electrons. The van der Waals surface area contributed by atoms with Crippen molar-refractivity contribution in [3.05, 3.63) is 0 Å². The van der Waals surface area contributed by atoms with Crippen LogP contribution in [0.5, 0.6) is 0 Å². The summed E-state index contributed by atoms with van der Waals surface area (Å²) >= 11 is 0. The second kappa shape index (κ2) is 19.8. The molecule has 0 aromatic carbocycles. The van der Waals surface area contributed by atoms with Crippen molar-refractivity contribution < 1.29 is 9.90 Å². The molecule has 1 unspecified atom stereocenters. The number of hydrogen-bond donors (Lipinski definition) is 1. The molecular formula is C23H46O2. The molecule has 0 aliphatic rings. The summed E-state index contributed by atoms with van der Waals surface area (Å²) < 4.78 is 0. The highest BCUT2D eigenvalue weighted by Crippen LogP contribution is 2.20. The minimum atomic E-state index is -0.567. The van der Waals surface area contributed by atoms with E-state index in [0.29, 0.717) is 0 Å². The standard InChI is InChI=1S/C23H46O2/c1-3-5-7-9-11-13-15-17-19-21-22(23(24)25)20-18-16-14-12-10-8-6-4-2/h22H,3-21H2,1-2H3,(H,24,25). The summed E-state index contributed by atoms with van der Waals surface area (Å²) in [4.78, 5) is 11.4. The van der Waals surface area contributed by atoms with Gasteiger partial charge in [-0.05, 0) is 12.8 Å². The van der Waals surface area contributed by atoms with Gasteiger partial charge in [0, 0.05) is 0 Å². The number of unbranched alkanes of at least 4 members (excludes halogenated alkanes) is 15. The quantitative estimate of drug-likeness (QED) is 0.224. The van der Waals surface area contributed by atoms with E-state index in [1.54, 1.807) is 0 Å². The summed E-state index contributed by atoms with van der Waals surface area (Å²) in [6.45, 7) is 4.51. The zero-order chi connectivity index (χ0) is 18.6. The number of carbonyl (C=O) groups is 1. The SMILES string of the molecule is CCCCCCCCCCCC(CCCCCCCCCC)C(=O)O. The lowest BCUT2D eigenvalue weighted by atomic mass is 9.94. The van der Waals surface area contributed by atoms with Crippen LogP contribution < -0.4 is 0 Å². The van der Waals surface area contributed by atoms with Gasteiger partial charge in [-0.25, -0.2) is 0 Å². The highest BCUT2D eigenvalue weighted by molar-refractivity contribution is 5.69. The van der Waals surface area contributed by atoms with Crippen molar-refractivity contribution in [2.75, 3.05) is 0 Å². The van der Waals surface area contributed by atoms with Crippen LogP contribution in [0, 0.1) is 5.92 Å².